The predicted octanol–water partition coefficient (Wildman–Crippen LogP) is -4.28. The fourth-order valence-corrected chi connectivity index (χ4v) is 9.68. The van der Waals surface area contributed by atoms with Crippen molar-refractivity contribution in [1.29, 1.82) is 0 Å². The van der Waals surface area contributed by atoms with Gasteiger partial charge in [-0.1, -0.05) is 0 Å². The summed E-state index contributed by atoms with van der Waals surface area (Å²) in [5, 5.41) is 4.54. The first kappa shape index (κ1) is 26.0. The van der Waals surface area contributed by atoms with Gasteiger partial charge in [-0.25, -0.2) is 0 Å². The Morgan fingerprint density at radius 2 is 1.07 bits per heavy atom. The van der Waals surface area contributed by atoms with Crippen LogP contribution >= 0.6 is 0 Å². The molecule has 0 aliphatic heterocycles. The number of hydrogen-bond acceptors (Lipinski definition) is 0. The molecule has 1 aliphatic rings. The van der Waals surface area contributed by atoms with E-state index in [1.807, 2.05) is 0 Å². The van der Waals surface area contributed by atoms with Crippen molar-refractivity contribution in [2.24, 2.45) is 0 Å². The summed E-state index contributed by atoms with van der Waals surface area (Å²) in [5.74, 6) is 0. The number of benzene rings is 3. The van der Waals surface area contributed by atoms with Crippen LogP contribution in [0, 0.1) is 0 Å². The molecule has 0 nitrogen and oxygen atoms in total. The average Bonchev–Trinajstić information content (AvgIpc) is 3.11. The number of hydrogen-bond donors (Lipinski definition) is 0. The zero-order valence-corrected chi connectivity index (χ0v) is 20.9. The molecule has 0 saturated heterocycles. The van der Waals surface area contributed by atoms with E-state index in [0.29, 0.717) is 0 Å². The van der Waals surface area contributed by atoms with Crippen molar-refractivity contribution in [3.05, 3.63) is 112 Å². The molecule has 0 radical (unpaired) electrons. The van der Waals surface area contributed by atoms with E-state index in [4.69, 9.17) is 0 Å². The summed E-state index contributed by atoms with van der Waals surface area (Å²) in [6.45, 7) is 2.51. The first-order valence-corrected chi connectivity index (χ1v) is 12.3. The van der Waals surface area contributed by atoms with Crippen molar-refractivity contribution in [1.82, 2.24) is 0 Å². The van der Waals surface area contributed by atoms with Gasteiger partial charge in [0.25, 0.3) is 0 Å². The zero-order valence-electron chi connectivity index (χ0n) is 16.1. The van der Waals surface area contributed by atoms with E-state index in [9.17, 15) is 0 Å². The molecule has 0 heterocycles. The normalized spacial score (nSPS) is 13.0. The molecule has 0 bridgehead atoms. The van der Waals surface area contributed by atoms with Gasteiger partial charge in [0, 0.05) is 0 Å². The summed E-state index contributed by atoms with van der Waals surface area (Å²) < 4.78 is 1.52. The van der Waals surface area contributed by atoms with E-state index in [-0.39, 0.29) is 37.2 Å². The summed E-state index contributed by atoms with van der Waals surface area (Å²) in [6, 6.07) is 33.1. The molecule has 0 unspecified atom stereocenters. The Hall–Kier alpha value is -1.06. The molecule has 0 atom stereocenters. The van der Waals surface area contributed by atoms with Gasteiger partial charge in [0.15, 0.2) is 0 Å². The Kier molecular flexibility index (Phi) is 10.2. The summed E-state index contributed by atoms with van der Waals surface area (Å²) in [4.78, 5) is 0. The quantitative estimate of drug-likeness (QED) is 0.324. The van der Waals surface area contributed by atoms with E-state index in [2.05, 4.69) is 124 Å². The summed E-state index contributed by atoms with van der Waals surface area (Å²) in [7, 11) is -2.07. The zero-order chi connectivity index (χ0) is 18.0. The maximum atomic E-state index is 2.51. The molecule has 0 aromatic heterocycles. The van der Waals surface area contributed by atoms with Gasteiger partial charge in [-0.3, -0.25) is 0 Å². The standard InChI is InChI=1S/C24H21Si.3ClH.Ti/c1-25(21-14-7-3-8-15-21,22-16-9-4-10-17-22)24-19-11-18-23(24)20-12-5-2-6-13-20;;;;/h2-10,12-18H,11H2,1H3;3*1H;/q;;;;+3/p-3. The van der Waals surface area contributed by atoms with Crippen LogP contribution in [0.25, 0.3) is 5.57 Å². The smallest absolute Gasteiger partial charge is 1.00 e. The van der Waals surface area contributed by atoms with Gasteiger partial charge in [0.2, 0.25) is 0 Å². The monoisotopic (exact) mass is 490 g/mol. The van der Waals surface area contributed by atoms with E-state index < -0.39 is 8.07 Å². The van der Waals surface area contributed by atoms with Crippen molar-refractivity contribution < 1.29 is 57.7 Å². The molecular weight excluding hydrogens is 471 g/mol. The van der Waals surface area contributed by atoms with Crippen molar-refractivity contribution in [2.45, 2.75) is 13.0 Å². The van der Waals surface area contributed by atoms with Gasteiger partial charge in [-0.2, -0.15) is 0 Å². The summed E-state index contributed by atoms with van der Waals surface area (Å²) in [6.07, 6.45) is 3.49. The first-order valence-electron chi connectivity index (χ1n) is 9.03. The Morgan fingerprint density at radius 1 is 0.655 bits per heavy atom. The van der Waals surface area contributed by atoms with Gasteiger partial charge in [0.1, 0.15) is 0 Å². The van der Waals surface area contributed by atoms with Gasteiger partial charge in [-0.05, 0) is 0 Å². The van der Waals surface area contributed by atoms with Crippen LogP contribution in [0.3, 0.4) is 0 Å². The van der Waals surface area contributed by atoms with Crippen LogP contribution in [0.5, 0.6) is 0 Å². The molecule has 0 saturated carbocycles. The molecular formula is C24H21Cl3SiTi. The van der Waals surface area contributed by atoms with Gasteiger partial charge in [-0.15, -0.1) is 0 Å². The average molecular weight is 492 g/mol. The Balaban J connectivity index is 0.00000140. The van der Waals surface area contributed by atoms with E-state index >= 15 is 0 Å². The Morgan fingerprint density at radius 3 is 1.52 bits per heavy atom. The van der Waals surface area contributed by atoms with Crippen LogP contribution in [0.4, 0.5) is 0 Å². The van der Waals surface area contributed by atoms with Crippen molar-refractivity contribution in [3.63, 3.8) is 0 Å². The van der Waals surface area contributed by atoms with Crippen LogP contribution in [0.1, 0.15) is 12.0 Å². The van der Waals surface area contributed by atoms with Gasteiger partial charge in [0.05, 0.1) is 0 Å². The van der Waals surface area contributed by atoms with Crippen molar-refractivity contribution >= 4 is 24.0 Å². The Labute approximate surface area is 205 Å². The molecule has 1 aliphatic carbocycles. The molecule has 0 fully saturated rings. The molecule has 0 spiro atoms. The fraction of sp³-hybridized carbons (Fsp3) is 0.0833. The topological polar surface area (TPSA) is 0 Å². The maximum Gasteiger partial charge on any atom is -1.00 e. The predicted molar refractivity (Wildman–Crippen MR) is 110 cm³/mol. The van der Waals surface area contributed by atoms with E-state index in [0.717, 1.165) is 6.42 Å². The molecule has 5 heteroatoms. The third-order valence-corrected chi connectivity index (χ3v) is 11.0. The molecule has 3 aromatic carbocycles. The second-order valence-corrected chi connectivity index (χ2v) is 11.7. The number of rotatable bonds is 4. The van der Waals surface area contributed by atoms with Crippen LogP contribution in [-0.4, -0.2) is 8.07 Å². The number of allylic oxidation sites excluding steroid dienone is 4. The SMILES string of the molecule is C[Si](C1=[C]([Ti+3])CC=C1c1ccccc1)(c1ccccc1)c1ccccc1.[Cl-].[Cl-].[Cl-]. The van der Waals surface area contributed by atoms with Crippen LogP contribution in [-0.2, 0) is 20.4 Å². The molecule has 146 valence electrons. The van der Waals surface area contributed by atoms with Crippen LogP contribution < -0.4 is 47.6 Å². The second kappa shape index (κ2) is 11.4. The van der Waals surface area contributed by atoms with E-state index in [1.165, 1.54) is 25.4 Å². The van der Waals surface area contributed by atoms with Crippen molar-refractivity contribution in [3.8, 4) is 0 Å². The second-order valence-electron chi connectivity index (χ2n) is 6.90. The van der Waals surface area contributed by atoms with Gasteiger partial charge >= 0.3 is 169 Å². The third kappa shape index (κ3) is 4.99. The fourth-order valence-electron chi connectivity index (χ4n) is 4.02. The first-order chi connectivity index (χ1) is 12.7. The molecule has 4 rings (SSSR count). The largest absolute Gasteiger partial charge is 1.00 e. The summed E-state index contributed by atoms with van der Waals surface area (Å²) in [5.41, 5.74) is 2.77. The molecule has 0 N–H and O–H groups in total. The van der Waals surface area contributed by atoms with Crippen molar-refractivity contribution in [2.75, 3.05) is 0 Å². The maximum absolute atomic E-state index is 2.51. The van der Waals surface area contributed by atoms with Crippen LogP contribution in [0.15, 0.2) is 106 Å². The minimum atomic E-state index is -2.07. The molecule has 3 aromatic rings. The van der Waals surface area contributed by atoms with E-state index in [1.54, 1.807) is 5.20 Å². The third-order valence-electron chi connectivity index (χ3n) is 5.37. The minimum Gasteiger partial charge on any atom is -1.00 e. The number of halogens is 3. The Bertz CT molecular complexity index is 931. The minimum absolute atomic E-state index is 0. The summed E-state index contributed by atoms with van der Waals surface area (Å²) >= 11 is 2.32. The molecule has 29 heavy (non-hydrogen) atoms. The molecule has 0 amide bonds. The van der Waals surface area contributed by atoms with Crippen LogP contribution in [0.2, 0.25) is 6.55 Å². The van der Waals surface area contributed by atoms with Gasteiger partial charge < -0.3 is 37.2 Å².